The average molecular weight is 477 g/mol. The van der Waals surface area contributed by atoms with E-state index in [-0.39, 0.29) is 5.92 Å². The Hall–Kier alpha value is -3.20. The molecule has 2 nitrogen and oxygen atoms in total. The summed E-state index contributed by atoms with van der Waals surface area (Å²) in [5.74, 6) is 0.265. The predicted molar refractivity (Wildman–Crippen MR) is 149 cm³/mol. The third-order valence-corrected chi connectivity index (χ3v) is 7.12. The fourth-order valence-electron chi connectivity index (χ4n) is 5.32. The van der Waals surface area contributed by atoms with E-state index >= 15 is 0 Å². The first-order valence-electron chi connectivity index (χ1n) is 13.4. The molecule has 2 heteroatoms. The van der Waals surface area contributed by atoms with E-state index in [2.05, 4.69) is 103 Å². The van der Waals surface area contributed by atoms with Crippen molar-refractivity contribution in [3.05, 3.63) is 131 Å². The molecule has 0 aromatic heterocycles. The van der Waals surface area contributed by atoms with E-state index in [1.807, 2.05) is 0 Å². The summed E-state index contributed by atoms with van der Waals surface area (Å²) in [4.78, 5) is 0. The lowest BCUT2D eigenvalue weighted by molar-refractivity contribution is 0.198. The summed E-state index contributed by atoms with van der Waals surface area (Å²) >= 11 is 0. The monoisotopic (exact) mass is 476 g/mol. The van der Waals surface area contributed by atoms with Gasteiger partial charge in [-0.3, -0.25) is 0 Å². The molecule has 0 saturated carbocycles. The van der Waals surface area contributed by atoms with E-state index in [4.69, 9.17) is 9.47 Å². The van der Waals surface area contributed by atoms with Crippen LogP contribution in [0.4, 0.5) is 0 Å². The van der Waals surface area contributed by atoms with Crippen molar-refractivity contribution in [1.82, 2.24) is 0 Å². The second-order valence-corrected chi connectivity index (χ2v) is 9.60. The van der Waals surface area contributed by atoms with Crippen LogP contribution in [0.2, 0.25) is 0 Å². The van der Waals surface area contributed by atoms with Gasteiger partial charge in [-0.05, 0) is 71.0 Å². The summed E-state index contributed by atoms with van der Waals surface area (Å²) in [7, 11) is 0. The van der Waals surface area contributed by atoms with E-state index < -0.39 is 0 Å². The average Bonchev–Trinajstić information content (AvgIpc) is 3.75. The Balaban J connectivity index is 0.000000222. The summed E-state index contributed by atoms with van der Waals surface area (Å²) in [6.45, 7) is 4.00. The van der Waals surface area contributed by atoms with E-state index in [0.29, 0.717) is 0 Å². The van der Waals surface area contributed by atoms with Gasteiger partial charge < -0.3 is 9.47 Å². The number of hydrogen-bond donors (Lipinski definition) is 0. The summed E-state index contributed by atoms with van der Waals surface area (Å²) in [5, 5.41) is 0. The minimum absolute atomic E-state index is 0.265. The van der Waals surface area contributed by atoms with Crippen molar-refractivity contribution < 1.29 is 9.47 Å². The zero-order valence-electron chi connectivity index (χ0n) is 21.1. The Morgan fingerprint density at radius 2 is 0.972 bits per heavy atom. The smallest absolute Gasteiger partial charge is 0.0466 e. The highest BCUT2D eigenvalue weighted by atomic mass is 16.5. The summed E-state index contributed by atoms with van der Waals surface area (Å²) < 4.78 is 9.89. The summed E-state index contributed by atoms with van der Waals surface area (Å²) in [6, 6.07) is 37.4. The van der Waals surface area contributed by atoms with Gasteiger partial charge in [-0.1, -0.05) is 103 Å². The quantitative estimate of drug-likeness (QED) is 0.245. The van der Waals surface area contributed by atoms with Crippen molar-refractivity contribution >= 4 is 0 Å². The summed E-state index contributed by atoms with van der Waals surface area (Å²) in [5.41, 5.74) is 9.84. The van der Waals surface area contributed by atoms with Crippen molar-refractivity contribution in [1.29, 1.82) is 0 Å². The number of benzene rings is 4. The highest BCUT2D eigenvalue weighted by Crippen LogP contribution is 2.43. The van der Waals surface area contributed by atoms with Crippen molar-refractivity contribution in [2.24, 2.45) is 0 Å². The van der Waals surface area contributed by atoms with Gasteiger partial charge >= 0.3 is 0 Å². The van der Waals surface area contributed by atoms with Gasteiger partial charge in [0.2, 0.25) is 0 Å². The molecule has 0 bridgehead atoms. The lowest BCUT2D eigenvalue weighted by Gasteiger charge is -2.22. The molecule has 2 saturated heterocycles. The molecule has 1 aliphatic carbocycles. The first kappa shape index (κ1) is 24.5. The standard InChI is InChI=1S/C26H20.2C4H8O/c1-3-10-19(11-4-1)26(20-12-5-2-6-13-20)24-17-9-16-23-22-15-8-7-14-21(22)18-25(23)24;2*1-2-4-5-3-1/h1-17,26H,18H2;2*1-4H2. The highest BCUT2D eigenvalue weighted by Gasteiger charge is 2.26. The van der Waals surface area contributed by atoms with Gasteiger partial charge in [-0.2, -0.15) is 0 Å². The van der Waals surface area contributed by atoms with Crippen LogP contribution in [0.15, 0.2) is 103 Å². The van der Waals surface area contributed by atoms with Crippen LogP contribution in [0.1, 0.15) is 59.4 Å². The Kier molecular flexibility index (Phi) is 8.62. The van der Waals surface area contributed by atoms with Gasteiger partial charge in [0.1, 0.15) is 0 Å². The Bertz CT molecular complexity index is 1140. The topological polar surface area (TPSA) is 18.5 Å². The van der Waals surface area contributed by atoms with Crippen molar-refractivity contribution in [2.45, 2.75) is 38.0 Å². The van der Waals surface area contributed by atoms with Crippen LogP contribution in [0.3, 0.4) is 0 Å². The number of ether oxygens (including phenoxy) is 2. The molecule has 7 rings (SSSR count). The Morgan fingerprint density at radius 3 is 1.50 bits per heavy atom. The molecule has 0 unspecified atom stereocenters. The minimum atomic E-state index is 0.265. The first-order valence-corrected chi connectivity index (χ1v) is 13.4. The third-order valence-electron chi connectivity index (χ3n) is 7.12. The maximum atomic E-state index is 4.94. The maximum absolute atomic E-state index is 4.94. The fraction of sp³-hybridized carbons (Fsp3) is 0.294. The zero-order valence-corrected chi connectivity index (χ0v) is 21.1. The SMILES string of the molecule is C1CCOC1.C1CCOC1.c1ccc(C(c2ccccc2)c2cccc3c2Cc2ccccc2-3)cc1. The van der Waals surface area contributed by atoms with Gasteiger partial charge in [0.05, 0.1) is 0 Å². The molecule has 2 heterocycles. The zero-order chi connectivity index (χ0) is 24.4. The van der Waals surface area contributed by atoms with Gasteiger partial charge in [-0.15, -0.1) is 0 Å². The molecule has 0 atom stereocenters. The van der Waals surface area contributed by atoms with Crippen LogP contribution in [0.5, 0.6) is 0 Å². The molecular weight excluding hydrogens is 440 g/mol. The Labute approximate surface area is 215 Å². The van der Waals surface area contributed by atoms with Crippen molar-refractivity contribution in [2.75, 3.05) is 26.4 Å². The largest absolute Gasteiger partial charge is 0.381 e. The molecule has 184 valence electrons. The molecule has 0 spiro atoms. The van der Waals surface area contributed by atoms with Gasteiger partial charge in [0.25, 0.3) is 0 Å². The number of fused-ring (bicyclic) bond motifs is 3. The molecule has 0 radical (unpaired) electrons. The highest BCUT2D eigenvalue weighted by molar-refractivity contribution is 5.78. The molecule has 2 aliphatic heterocycles. The predicted octanol–water partition coefficient (Wildman–Crippen LogP) is 8.03. The Morgan fingerprint density at radius 1 is 0.472 bits per heavy atom. The van der Waals surface area contributed by atoms with Crippen LogP contribution >= 0.6 is 0 Å². The molecule has 2 fully saturated rings. The van der Waals surface area contributed by atoms with Crippen LogP contribution in [0, 0.1) is 0 Å². The van der Waals surface area contributed by atoms with Gasteiger partial charge in [0, 0.05) is 32.3 Å². The molecule has 4 aromatic rings. The van der Waals surface area contributed by atoms with Crippen LogP contribution in [0.25, 0.3) is 11.1 Å². The van der Waals surface area contributed by atoms with Gasteiger partial charge in [0.15, 0.2) is 0 Å². The lowest BCUT2D eigenvalue weighted by Crippen LogP contribution is -2.06. The molecular formula is C34H36O2. The molecule has 4 aromatic carbocycles. The second kappa shape index (κ2) is 12.7. The van der Waals surface area contributed by atoms with E-state index in [0.717, 1.165) is 32.8 Å². The molecule has 0 N–H and O–H groups in total. The van der Waals surface area contributed by atoms with Gasteiger partial charge in [-0.25, -0.2) is 0 Å². The first-order chi connectivity index (χ1) is 17.9. The van der Waals surface area contributed by atoms with E-state index in [1.54, 1.807) is 0 Å². The van der Waals surface area contributed by atoms with E-state index in [1.165, 1.54) is 64.6 Å². The summed E-state index contributed by atoms with van der Waals surface area (Å²) in [6.07, 6.45) is 6.14. The normalized spacial score (nSPS) is 15.4. The minimum Gasteiger partial charge on any atom is -0.381 e. The second-order valence-electron chi connectivity index (χ2n) is 9.60. The van der Waals surface area contributed by atoms with Crippen LogP contribution in [-0.4, -0.2) is 26.4 Å². The van der Waals surface area contributed by atoms with Crippen LogP contribution < -0.4 is 0 Å². The lowest BCUT2D eigenvalue weighted by atomic mass is 9.82. The molecule has 0 amide bonds. The molecule has 3 aliphatic rings. The fourth-order valence-corrected chi connectivity index (χ4v) is 5.32. The number of hydrogen-bond acceptors (Lipinski definition) is 2. The van der Waals surface area contributed by atoms with E-state index in [9.17, 15) is 0 Å². The maximum Gasteiger partial charge on any atom is 0.0466 e. The number of rotatable bonds is 3. The van der Waals surface area contributed by atoms with Crippen molar-refractivity contribution in [3.63, 3.8) is 0 Å². The molecule has 36 heavy (non-hydrogen) atoms. The van der Waals surface area contributed by atoms with Crippen LogP contribution in [-0.2, 0) is 15.9 Å². The third kappa shape index (κ3) is 5.95. The van der Waals surface area contributed by atoms with Crippen molar-refractivity contribution in [3.8, 4) is 11.1 Å².